The number of rotatable bonds is 4. The number of hydrogen-bond donors (Lipinski definition) is 2. The summed E-state index contributed by atoms with van der Waals surface area (Å²) in [5, 5.41) is 11.0. The Morgan fingerprint density at radius 1 is 1.45 bits per heavy atom. The molecule has 0 spiro atoms. The third kappa shape index (κ3) is 3.59. The summed E-state index contributed by atoms with van der Waals surface area (Å²) in [6.45, 7) is 3.62. The largest absolute Gasteiger partial charge is 0.396 e. The molecule has 0 unspecified atom stereocenters. The number of nitrogens with zero attached hydrogens (tertiary/aromatic N) is 4. The van der Waals surface area contributed by atoms with E-state index in [2.05, 4.69) is 20.1 Å². The predicted octanol–water partition coefficient (Wildman–Crippen LogP) is -0.574. The van der Waals surface area contributed by atoms with Crippen molar-refractivity contribution in [3.05, 3.63) is 18.5 Å². The molecule has 0 atom stereocenters. The van der Waals surface area contributed by atoms with E-state index in [1.807, 2.05) is 12.1 Å². The molecule has 0 aromatic carbocycles. The van der Waals surface area contributed by atoms with Crippen LogP contribution < -0.4 is 16.0 Å². The van der Waals surface area contributed by atoms with Gasteiger partial charge in [0.25, 0.3) is 0 Å². The first-order chi connectivity index (χ1) is 9.70. The molecule has 0 radical (unpaired) electrons. The monoisotopic (exact) mass is 274 g/mol. The lowest BCUT2D eigenvalue weighted by molar-refractivity contribution is -0.122. The van der Waals surface area contributed by atoms with E-state index in [0.29, 0.717) is 12.2 Å². The van der Waals surface area contributed by atoms with Crippen LogP contribution in [0.5, 0.6) is 0 Å². The average Bonchev–Trinajstić information content (AvgIpc) is 2.47. The zero-order valence-electron chi connectivity index (χ0n) is 11.2. The molecule has 1 saturated heterocycles. The number of hydrogen-bond acceptors (Lipinski definition) is 6. The number of pyridine rings is 1. The molecule has 1 amide bonds. The maximum Gasteiger partial charge on any atom is 0.235 e. The fraction of sp³-hybridized carbons (Fsp3) is 0.462. The Balaban J connectivity index is 1.82. The number of carbonyl (C=O) groups excluding carboxylic acids is 1. The number of nitrogens with two attached hydrogens (primary N) is 1. The summed E-state index contributed by atoms with van der Waals surface area (Å²) in [7, 11) is 0. The van der Waals surface area contributed by atoms with Gasteiger partial charge in [-0.1, -0.05) is 0 Å². The van der Waals surface area contributed by atoms with Crippen LogP contribution in [0.15, 0.2) is 18.5 Å². The van der Waals surface area contributed by atoms with Crippen molar-refractivity contribution in [3.8, 4) is 6.07 Å². The molecule has 2 rings (SSSR count). The number of amides is 1. The number of nitrogens with one attached hydrogen (secondary N) is 1. The highest BCUT2D eigenvalue weighted by Gasteiger charge is 2.20. The maximum atomic E-state index is 11.5. The summed E-state index contributed by atoms with van der Waals surface area (Å²) in [4.78, 5) is 19.8. The first-order valence-electron chi connectivity index (χ1n) is 6.51. The van der Waals surface area contributed by atoms with Crippen LogP contribution in [0, 0.1) is 11.3 Å². The smallest absolute Gasteiger partial charge is 0.235 e. The first kappa shape index (κ1) is 14.1. The van der Waals surface area contributed by atoms with E-state index in [9.17, 15) is 4.79 Å². The number of aromatic nitrogens is 1. The second-order valence-electron chi connectivity index (χ2n) is 4.63. The van der Waals surface area contributed by atoms with Gasteiger partial charge in [0.15, 0.2) is 0 Å². The minimum absolute atomic E-state index is 0.0619. The molecule has 1 aromatic rings. The van der Waals surface area contributed by atoms with Crippen LogP contribution in [0.2, 0.25) is 0 Å². The normalized spacial score (nSPS) is 15.7. The molecule has 106 valence electrons. The molecule has 1 aromatic heterocycles. The van der Waals surface area contributed by atoms with Gasteiger partial charge < -0.3 is 16.0 Å². The Kier molecular flexibility index (Phi) is 4.74. The summed E-state index contributed by atoms with van der Waals surface area (Å²) in [5.74, 6) is -0.108. The van der Waals surface area contributed by atoms with Crippen molar-refractivity contribution in [3.63, 3.8) is 0 Å². The topological polar surface area (TPSA) is 98.3 Å². The van der Waals surface area contributed by atoms with Crippen molar-refractivity contribution in [2.24, 2.45) is 0 Å². The van der Waals surface area contributed by atoms with Crippen molar-refractivity contribution in [2.75, 3.05) is 49.9 Å². The highest BCUT2D eigenvalue weighted by molar-refractivity contribution is 5.78. The Morgan fingerprint density at radius 3 is 2.85 bits per heavy atom. The molecular weight excluding hydrogens is 256 g/mol. The third-order valence-electron chi connectivity index (χ3n) is 3.27. The zero-order chi connectivity index (χ0) is 14.4. The van der Waals surface area contributed by atoms with Crippen molar-refractivity contribution in [1.29, 1.82) is 5.26 Å². The van der Waals surface area contributed by atoms with Gasteiger partial charge in [-0.2, -0.15) is 5.26 Å². The standard InChI is InChI=1S/C13H18N6O/c14-2-4-17-13(20)10-18-5-7-19(8-6-18)12-1-3-16-9-11(12)15/h1,3,9H,4-8,10,15H2,(H,17,20). The number of carbonyl (C=O) groups is 1. The third-order valence-corrected chi connectivity index (χ3v) is 3.27. The highest BCUT2D eigenvalue weighted by atomic mass is 16.2. The van der Waals surface area contributed by atoms with E-state index in [0.717, 1.165) is 31.9 Å². The quantitative estimate of drug-likeness (QED) is 0.713. The number of nitrogen functional groups attached to an aromatic ring is 1. The Hall–Kier alpha value is -2.33. The SMILES string of the molecule is N#CCNC(=O)CN1CCN(c2ccncc2N)CC1. The summed E-state index contributed by atoms with van der Waals surface area (Å²) >= 11 is 0. The molecule has 1 aliphatic heterocycles. The van der Waals surface area contributed by atoms with Crippen LogP contribution in [0.1, 0.15) is 0 Å². The maximum absolute atomic E-state index is 11.5. The first-order valence-corrected chi connectivity index (χ1v) is 6.51. The number of anilines is 2. The van der Waals surface area contributed by atoms with Gasteiger partial charge in [-0.3, -0.25) is 14.7 Å². The van der Waals surface area contributed by atoms with Gasteiger partial charge in [0, 0.05) is 32.4 Å². The van der Waals surface area contributed by atoms with Gasteiger partial charge in [0.05, 0.1) is 30.2 Å². The van der Waals surface area contributed by atoms with Crippen LogP contribution in [0.25, 0.3) is 0 Å². The highest BCUT2D eigenvalue weighted by Crippen LogP contribution is 2.22. The fourth-order valence-electron chi connectivity index (χ4n) is 2.23. The molecular formula is C13H18N6O. The summed E-state index contributed by atoms with van der Waals surface area (Å²) < 4.78 is 0. The van der Waals surface area contributed by atoms with Crippen molar-refractivity contribution >= 4 is 17.3 Å². The van der Waals surface area contributed by atoms with Crippen LogP contribution in [-0.2, 0) is 4.79 Å². The summed E-state index contributed by atoms with van der Waals surface area (Å²) in [6.07, 6.45) is 3.38. The van der Waals surface area contributed by atoms with Gasteiger partial charge in [0.2, 0.25) is 5.91 Å². The van der Waals surface area contributed by atoms with Crippen LogP contribution in [-0.4, -0.2) is 55.1 Å². The molecule has 3 N–H and O–H groups in total. The Labute approximate surface area is 118 Å². The molecule has 1 aliphatic rings. The van der Waals surface area contributed by atoms with Gasteiger partial charge >= 0.3 is 0 Å². The van der Waals surface area contributed by atoms with Gasteiger partial charge in [-0.25, -0.2) is 0 Å². The summed E-state index contributed by atoms with van der Waals surface area (Å²) in [5.41, 5.74) is 7.58. The van der Waals surface area contributed by atoms with Crippen molar-refractivity contribution in [2.45, 2.75) is 0 Å². The Bertz CT molecular complexity index is 504. The van der Waals surface area contributed by atoms with Crippen molar-refractivity contribution < 1.29 is 4.79 Å². The zero-order valence-corrected chi connectivity index (χ0v) is 11.2. The molecule has 7 heteroatoms. The van der Waals surface area contributed by atoms with E-state index in [4.69, 9.17) is 11.0 Å². The number of piperazine rings is 1. The molecule has 2 heterocycles. The molecule has 0 aliphatic carbocycles. The van der Waals surface area contributed by atoms with Crippen molar-refractivity contribution in [1.82, 2.24) is 15.2 Å². The van der Waals surface area contributed by atoms with Crippen LogP contribution >= 0.6 is 0 Å². The lowest BCUT2D eigenvalue weighted by Crippen LogP contribution is -2.49. The molecule has 0 bridgehead atoms. The van der Waals surface area contributed by atoms with Gasteiger partial charge in [-0.15, -0.1) is 0 Å². The van der Waals surface area contributed by atoms with E-state index in [-0.39, 0.29) is 12.5 Å². The predicted molar refractivity (Wildman–Crippen MR) is 75.9 cm³/mol. The van der Waals surface area contributed by atoms with E-state index in [1.54, 1.807) is 12.4 Å². The van der Waals surface area contributed by atoms with Gasteiger partial charge in [-0.05, 0) is 6.07 Å². The van der Waals surface area contributed by atoms with Crippen LogP contribution in [0.3, 0.4) is 0 Å². The molecule has 1 fully saturated rings. The minimum Gasteiger partial charge on any atom is -0.396 e. The fourth-order valence-corrected chi connectivity index (χ4v) is 2.23. The van der Waals surface area contributed by atoms with E-state index < -0.39 is 0 Å². The van der Waals surface area contributed by atoms with Crippen LogP contribution in [0.4, 0.5) is 11.4 Å². The summed E-state index contributed by atoms with van der Waals surface area (Å²) in [6, 6.07) is 3.80. The number of nitriles is 1. The van der Waals surface area contributed by atoms with E-state index >= 15 is 0 Å². The Morgan fingerprint density at radius 2 is 2.20 bits per heavy atom. The minimum atomic E-state index is -0.108. The lowest BCUT2D eigenvalue weighted by atomic mass is 10.2. The average molecular weight is 274 g/mol. The molecule has 20 heavy (non-hydrogen) atoms. The molecule has 7 nitrogen and oxygen atoms in total. The van der Waals surface area contributed by atoms with Gasteiger partial charge in [0.1, 0.15) is 6.54 Å². The van der Waals surface area contributed by atoms with E-state index in [1.165, 1.54) is 0 Å². The lowest BCUT2D eigenvalue weighted by Gasteiger charge is -2.36. The second-order valence-corrected chi connectivity index (χ2v) is 4.63. The molecule has 0 saturated carbocycles. The second kappa shape index (κ2) is 6.73.